The molecule has 21 heavy (non-hydrogen) atoms. The zero-order valence-corrected chi connectivity index (χ0v) is 13.5. The Morgan fingerprint density at radius 1 is 1.10 bits per heavy atom. The van der Waals surface area contributed by atoms with Crippen LogP contribution < -0.4 is 0 Å². The van der Waals surface area contributed by atoms with Gasteiger partial charge in [-0.1, -0.05) is 23.7 Å². The van der Waals surface area contributed by atoms with E-state index in [4.69, 9.17) is 11.6 Å². The standard InChI is InChI=1S/C15H8ClFINO2/c16-10-4-2-5-11(17)9(10)7-19-14(20)8-3-1-6-12(18)13(8)15(19)21/h1-6H,7H2. The molecule has 2 aromatic rings. The Kier molecular flexibility index (Phi) is 3.71. The summed E-state index contributed by atoms with van der Waals surface area (Å²) in [5.41, 5.74) is 0.860. The minimum absolute atomic E-state index is 0.142. The molecule has 0 atom stereocenters. The van der Waals surface area contributed by atoms with Crippen LogP contribution in [0.4, 0.5) is 4.39 Å². The Bertz CT molecular complexity index is 758. The summed E-state index contributed by atoms with van der Waals surface area (Å²) in [4.78, 5) is 25.7. The molecule has 1 aliphatic heterocycles. The van der Waals surface area contributed by atoms with Gasteiger partial charge in [0.15, 0.2) is 0 Å². The highest BCUT2D eigenvalue weighted by atomic mass is 127. The van der Waals surface area contributed by atoms with Gasteiger partial charge in [0, 0.05) is 14.2 Å². The van der Waals surface area contributed by atoms with Crippen LogP contribution in [0.3, 0.4) is 0 Å². The molecule has 2 amide bonds. The van der Waals surface area contributed by atoms with Crippen molar-refractivity contribution in [2.24, 2.45) is 0 Å². The third kappa shape index (κ3) is 2.34. The van der Waals surface area contributed by atoms with E-state index < -0.39 is 17.6 Å². The average molecular weight is 416 g/mol. The number of nitrogens with zero attached hydrogens (tertiary/aromatic N) is 1. The molecule has 1 heterocycles. The number of amides is 2. The Morgan fingerprint density at radius 3 is 2.48 bits per heavy atom. The highest BCUT2D eigenvalue weighted by molar-refractivity contribution is 14.1. The summed E-state index contributed by atoms with van der Waals surface area (Å²) in [6, 6.07) is 9.33. The van der Waals surface area contributed by atoms with Crippen molar-refractivity contribution in [3.8, 4) is 0 Å². The van der Waals surface area contributed by atoms with E-state index in [-0.39, 0.29) is 17.1 Å². The number of hydrogen-bond acceptors (Lipinski definition) is 2. The second-order valence-electron chi connectivity index (χ2n) is 4.56. The summed E-state index contributed by atoms with van der Waals surface area (Å²) in [7, 11) is 0. The Balaban J connectivity index is 2.01. The van der Waals surface area contributed by atoms with Gasteiger partial charge in [-0.05, 0) is 46.9 Å². The lowest BCUT2D eigenvalue weighted by molar-refractivity contribution is 0.0641. The van der Waals surface area contributed by atoms with Gasteiger partial charge < -0.3 is 0 Å². The minimum Gasteiger partial charge on any atom is -0.270 e. The second kappa shape index (κ2) is 5.38. The minimum atomic E-state index is -0.534. The van der Waals surface area contributed by atoms with Gasteiger partial charge in [-0.3, -0.25) is 14.5 Å². The van der Waals surface area contributed by atoms with Gasteiger partial charge in [0.1, 0.15) is 5.82 Å². The normalized spacial score (nSPS) is 13.8. The molecule has 0 unspecified atom stereocenters. The lowest BCUT2D eigenvalue weighted by atomic mass is 10.1. The second-order valence-corrected chi connectivity index (χ2v) is 6.13. The number of carbonyl (C=O) groups is 2. The van der Waals surface area contributed by atoms with Crippen molar-refractivity contribution >= 4 is 46.0 Å². The molecule has 0 saturated carbocycles. The van der Waals surface area contributed by atoms with E-state index in [0.29, 0.717) is 14.7 Å². The largest absolute Gasteiger partial charge is 0.270 e. The van der Waals surface area contributed by atoms with Crippen LogP contribution in [0.2, 0.25) is 5.02 Å². The van der Waals surface area contributed by atoms with Crippen molar-refractivity contribution in [1.29, 1.82) is 0 Å². The summed E-state index contributed by atoms with van der Waals surface area (Å²) >= 11 is 7.96. The molecule has 2 aromatic carbocycles. The maximum Gasteiger partial charge on any atom is 0.262 e. The molecule has 3 nitrogen and oxygen atoms in total. The SMILES string of the molecule is O=C1c2cccc(I)c2C(=O)N1Cc1c(F)cccc1Cl. The lowest BCUT2D eigenvalue weighted by Gasteiger charge is -2.15. The lowest BCUT2D eigenvalue weighted by Crippen LogP contribution is -2.29. The van der Waals surface area contributed by atoms with Gasteiger partial charge in [0.2, 0.25) is 0 Å². The van der Waals surface area contributed by atoms with Crippen LogP contribution >= 0.6 is 34.2 Å². The predicted molar refractivity (Wildman–Crippen MR) is 84.8 cm³/mol. The van der Waals surface area contributed by atoms with E-state index >= 15 is 0 Å². The van der Waals surface area contributed by atoms with Crippen LogP contribution in [-0.4, -0.2) is 16.7 Å². The molecule has 0 aromatic heterocycles. The zero-order chi connectivity index (χ0) is 15.1. The molecule has 0 spiro atoms. The van der Waals surface area contributed by atoms with Gasteiger partial charge in [-0.25, -0.2) is 4.39 Å². The van der Waals surface area contributed by atoms with Crippen LogP contribution in [0.5, 0.6) is 0 Å². The monoisotopic (exact) mass is 415 g/mol. The Hall–Kier alpha value is -1.47. The Labute approximate surface area is 138 Å². The number of carbonyl (C=O) groups excluding carboxylic acids is 2. The van der Waals surface area contributed by atoms with E-state index in [1.807, 2.05) is 22.6 Å². The first kappa shape index (κ1) is 14.5. The topological polar surface area (TPSA) is 37.4 Å². The van der Waals surface area contributed by atoms with E-state index in [0.717, 1.165) is 4.90 Å². The van der Waals surface area contributed by atoms with Gasteiger partial charge in [-0.2, -0.15) is 0 Å². The Morgan fingerprint density at radius 2 is 1.81 bits per heavy atom. The highest BCUT2D eigenvalue weighted by Crippen LogP contribution is 2.30. The number of fused-ring (bicyclic) bond motifs is 1. The fourth-order valence-electron chi connectivity index (χ4n) is 2.28. The molecule has 0 aliphatic carbocycles. The molecule has 106 valence electrons. The maximum absolute atomic E-state index is 13.8. The maximum atomic E-state index is 13.8. The van der Waals surface area contributed by atoms with E-state index in [2.05, 4.69) is 0 Å². The van der Waals surface area contributed by atoms with E-state index in [9.17, 15) is 14.0 Å². The number of rotatable bonds is 2. The van der Waals surface area contributed by atoms with Crippen molar-refractivity contribution in [2.75, 3.05) is 0 Å². The fraction of sp³-hybridized carbons (Fsp3) is 0.0667. The van der Waals surface area contributed by atoms with Crippen LogP contribution in [0.1, 0.15) is 26.3 Å². The molecule has 0 saturated heterocycles. The number of imide groups is 1. The molecular formula is C15H8ClFINO2. The van der Waals surface area contributed by atoms with Crippen molar-refractivity contribution in [1.82, 2.24) is 4.90 Å². The van der Waals surface area contributed by atoms with Crippen LogP contribution in [0.25, 0.3) is 0 Å². The fourth-order valence-corrected chi connectivity index (χ4v) is 3.23. The first-order chi connectivity index (χ1) is 10.0. The van der Waals surface area contributed by atoms with Gasteiger partial charge in [-0.15, -0.1) is 0 Å². The molecule has 0 bridgehead atoms. The number of benzene rings is 2. The first-order valence-corrected chi connectivity index (χ1v) is 7.54. The van der Waals surface area contributed by atoms with Crippen molar-refractivity contribution < 1.29 is 14.0 Å². The van der Waals surface area contributed by atoms with E-state index in [1.54, 1.807) is 18.2 Å². The van der Waals surface area contributed by atoms with E-state index in [1.165, 1.54) is 18.2 Å². The van der Waals surface area contributed by atoms with Gasteiger partial charge >= 0.3 is 0 Å². The molecule has 0 radical (unpaired) electrons. The molecule has 3 rings (SSSR count). The molecular weight excluding hydrogens is 408 g/mol. The van der Waals surface area contributed by atoms with Gasteiger partial charge in [0.25, 0.3) is 11.8 Å². The van der Waals surface area contributed by atoms with Crippen molar-refractivity contribution in [3.63, 3.8) is 0 Å². The molecule has 6 heteroatoms. The zero-order valence-electron chi connectivity index (χ0n) is 10.6. The van der Waals surface area contributed by atoms with Gasteiger partial charge in [0.05, 0.1) is 17.7 Å². The van der Waals surface area contributed by atoms with Crippen molar-refractivity contribution in [3.05, 3.63) is 67.5 Å². The predicted octanol–water partition coefficient (Wildman–Crippen LogP) is 3.88. The summed E-state index contributed by atoms with van der Waals surface area (Å²) in [6.07, 6.45) is 0. The van der Waals surface area contributed by atoms with Crippen LogP contribution in [0.15, 0.2) is 36.4 Å². The number of halogens is 3. The quantitative estimate of drug-likeness (QED) is 0.551. The molecule has 0 N–H and O–H groups in total. The molecule has 0 fully saturated rings. The third-order valence-corrected chi connectivity index (χ3v) is 4.58. The van der Waals surface area contributed by atoms with Crippen molar-refractivity contribution in [2.45, 2.75) is 6.54 Å². The summed E-state index contributed by atoms with van der Waals surface area (Å²) in [5.74, 6) is -1.37. The third-order valence-electron chi connectivity index (χ3n) is 3.33. The summed E-state index contributed by atoms with van der Waals surface area (Å²) < 4.78 is 14.5. The van der Waals surface area contributed by atoms with Crippen LogP contribution in [-0.2, 0) is 6.54 Å². The van der Waals surface area contributed by atoms with Crippen LogP contribution in [0, 0.1) is 9.39 Å². The summed E-state index contributed by atoms with van der Waals surface area (Å²) in [5, 5.41) is 0.196. The first-order valence-electron chi connectivity index (χ1n) is 6.08. The smallest absolute Gasteiger partial charge is 0.262 e. The number of hydrogen-bond donors (Lipinski definition) is 0. The highest BCUT2D eigenvalue weighted by Gasteiger charge is 2.37. The summed E-state index contributed by atoms with van der Waals surface area (Å²) in [6.45, 7) is -0.173. The average Bonchev–Trinajstić information content (AvgIpc) is 2.68. The molecule has 1 aliphatic rings.